The second-order valence-electron chi connectivity index (χ2n) is 5.18. The predicted molar refractivity (Wildman–Crippen MR) is 76.7 cm³/mol. The van der Waals surface area contributed by atoms with Gasteiger partial charge in [0, 0.05) is 0 Å². The molecule has 0 radical (unpaired) electrons. The topological polar surface area (TPSA) is 66.4 Å². The quantitative estimate of drug-likeness (QED) is 0.221. The van der Waals surface area contributed by atoms with Crippen molar-refractivity contribution in [2.75, 3.05) is 0 Å². The molecule has 0 aliphatic heterocycles. The monoisotopic (exact) mass is 316 g/mol. The van der Waals surface area contributed by atoms with Crippen molar-refractivity contribution in [3.05, 3.63) is 0 Å². The van der Waals surface area contributed by atoms with Crippen LogP contribution >= 0.6 is 0 Å². The molecule has 0 bridgehead atoms. The fraction of sp³-hybridized carbons (Fsp3) is 1.00. The smallest absolute Gasteiger partial charge is 0.726 e. The molecule has 0 aliphatic carbocycles. The molecular weight excluding hydrogens is 287 g/mol. The first-order valence-electron chi connectivity index (χ1n) is 7.63. The summed E-state index contributed by atoms with van der Waals surface area (Å²) in [6.45, 7) is 4.17. The summed E-state index contributed by atoms with van der Waals surface area (Å²) in [5.74, 6) is 0. The van der Waals surface area contributed by atoms with Gasteiger partial charge in [-0.25, -0.2) is 8.42 Å². The van der Waals surface area contributed by atoms with Crippen LogP contribution in [0.3, 0.4) is 0 Å². The SMILES string of the molecule is CCCCCCCCCCC(CCC)OS(=O)(=O)[O-].[Na+]. The Kier molecular flexibility index (Phi) is 17.1. The molecule has 1 atom stereocenters. The number of rotatable bonds is 13. The van der Waals surface area contributed by atoms with Gasteiger partial charge in [0.2, 0.25) is 10.4 Å². The Morgan fingerprint density at radius 1 is 0.850 bits per heavy atom. The maximum atomic E-state index is 10.6. The minimum absolute atomic E-state index is 0. The molecule has 0 saturated carbocycles. The summed E-state index contributed by atoms with van der Waals surface area (Å²) in [7, 11) is -4.55. The van der Waals surface area contributed by atoms with Crippen LogP contribution in [-0.4, -0.2) is 19.1 Å². The molecule has 4 nitrogen and oxygen atoms in total. The molecule has 0 heterocycles. The van der Waals surface area contributed by atoms with Gasteiger partial charge in [0.15, 0.2) is 0 Å². The van der Waals surface area contributed by atoms with Crippen molar-refractivity contribution < 1.29 is 46.7 Å². The minimum Gasteiger partial charge on any atom is -0.726 e. The van der Waals surface area contributed by atoms with E-state index in [0.717, 1.165) is 19.3 Å². The van der Waals surface area contributed by atoms with Gasteiger partial charge in [0.1, 0.15) is 0 Å². The number of hydrogen-bond donors (Lipinski definition) is 0. The minimum atomic E-state index is -4.55. The van der Waals surface area contributed by atoms with Crippen LogP contribution in [0, 0.1) is 0 Å². The van der Waals surface area contributed by atoms with Gasteiger partial charge in [-0.3, -0.25) is 4.18 Å². The van der Waals surface area contributed by atoms with Gasteiger partial charge in [-0.2, -0.15) is 0 Å². The molecule has 0 aromatic heterocycles. The fourth-order valence-electron chi connectivity index (χ4n) is 2.24. The average Bonchev–Trinajstić information content (AvgIpc) is 2.31. The third-order valence-corrected chi connectivity index (χ3v) is 3.75. The Bertz CT molecular complexity index is 294. The van der Waals surface area contributed by atoms with E-state index in [9.17, 15) is 13.0 Å². The Morgan fingerprint density at radius 2 is 1.35 bits per heavy atom. The van der Waals surface area contributed by atoms with Crippen LogP contribution in [-0.2, 0) is 14.6 Å². The van der Waals surface area contributed by atoms with Gasteiger partial charge in [0.05, 0.1) is 6.10 Å². The zero-order valence-electron chi connectivity index (χ0n) is 13.4. The van der Waals surface area contributed by atoms with Gasteiger partial charge in [-0.15, -0.1) is 0 Å². The Morgan fingerprint density at radius 3 is 1.80 bits per heavy atom. The summed E-state index contributed by atoms with van der Waals surface area (Å²) in [5, 5.41) is 0. The van der Waals surface area contributed by atoms with E-state index in [0.29, 0.717) is 12.8 Å². The second-order valence-corrected chi connectivity index (χ2v) is 6.19. The largest absolute Gasteiger partial charge is 1.00 e. The summed E-state index contributed by atoms with van der Waals surface area (Å²) in [4.78, 5) is 0. The Balaban J connectivity index is 0. The third-order valence-electron chi connectivity index (χ3n) is 3.24. The molecule has 116 valence electrons. The van der Waals surface area contributed by atoms with Gasteiger partial charge >= 0.3 is 29.6 Å². The fourth-order valence-corrected chi connectivity index (χ4v) is 2.76. The molecule has 0 rings (SSSR count). The maximum absolute atomic E-state index is 10.6. The van der Waals surface area contributed by atoms with Crippen LogP contribution in [0.15, 0.2) is 0 Å². The van der Waals surface area contributed by atoms with Crippen LogP contribution in [0.2, 0.25) is 0 Å². The van der Waals surface area contributed by atoms with Crippen molar-refractivity contribution >= 4 is 10.4 Å². The zero-order chi connectivity index (χ0) is 14.6. The molecule has 0 saturated heterocycles. The van der Waals surface area contributed by atoms with Crippen LogP contribution in [0.25, 0.3) is 0 Å². The molecule has 0 aliphatic rings. The number of unbranched alkanes of at least 4 members (excludes halogenated alkanes) is 7. The van der Waals surface area contributed by atoms with Gasteiger partial charge in [-0.1, -0.05) is 71.6 Å². The van der Waals surface area contributed by atoms with Crippen molar-refractivity contribution in [3.8, 4) is 0 Å². The standard InChI is InChI=1S/C14H30O4S.Na/c1-3-5-6-7-8-9-10-11-13-14(12-4-2)18-19(15,16)17;/h14H,3-13H2,1-2H3,(H,15,16,17);/q;+1/p-1. The summed E-state index contributed by atoms with van der Waals surface area (Å²) in [6, 6.07) is 0. The van der Waals surface area contributed by atoms with E-state index in [2.05, 4.69) is 11.1 Å². The van der Waals surface area contributed by atoms with Crippen molar-refractivity contribution in [1.29, 1.82) is 0 Å². The zero-order valence-corrected chi connectivity index (χ0v) is 16.2. The molecule has 6 heteroatoms. The normalized spacial score (nSPS) is 12.9. The van der Waals surface area contributed by atoms with Crippen molar-refractivity contribution in [2.45, 2.75) is 90.6 Å². The van der Waals surface area contributed by atoms with Crippen molar-refractivity contribution in [3.63, 3.8) is 0 Å². The van der Waals surface area contributed by atoms with E-state index in [-0.39, 0.29) is 29.6 Å². The molecule has 0 aromatic rings. The molecule has 0 N–H and O–H groups in total. The summed E-state index contributed by atoms with van der Waals surface area (Å²) in [5.41, 5.74) is 0. The summed E-state index contributed by atoms with van der Waals surface area (Å²) in [6.07, 6.45) is 11.4. The van der Waals surface area contributed by atoms with Crippen LogP contribution < -0.4 is 29.6 Å². The maximum Gasteiger partial charge on any atom is 1.00 e. The average molecular weight is 316 g/mol. The first kappa shape index (κ1) is 23.1. The molecular formula is C14H29NaO4S. The van der Waals surface area contributed by atoms with Crippen molar-refractivity contribution in [1.82, 2.24) is 0 Å². The Hall–Kier alpha value is 0.870. The van der Waals surface area contributed by atoms with Crippen molar-refractivity contribution in [2.24, 2.45) is 0 Å². The van der Waals surface area contributed by atoms with Crippen LogP contribution in [0.4, 0.5) is 0 Å². The molecule has 20 heavy (non-hydrogen) atoms. The first-order chi connectivity index (χ1) is 8.99. The van der Waals surface area contributed by atoms with Gasteiger partial charge in [0.25, 0.3) is 0 Å². The Labute approximate surface area is 147 Å². The molecule has 0 spiro atoms. The second kappa shape index (κ2) is 14.8. The van der Waals surface area contributed by atoms with E-state index < -0.39 is 16.5 Å². The third kappa shape index (κ3) is 16.9. The van der Waals surface area contributed by atoms with E-state index in [1.165, 1.54) is 38.5 Å². The summed E-state index contributed by atoms with van der Waals surface area (Å²) < 4.78 is 36.3. The molecule has 1 unspecified atom stereocenters. The first-order valence-corrected chi connectivity index (χ1v) is 8.97. The summed E-state index contributed by atoms with van der Waals surface area (Å²) >= 11 is 0. The predicted octanol–water partition coefficient (Wildman–Crippen LogP) is 1.17. The van der Waals surface area contributed by atoms with Gasteiger partial charge < -0.3 is 4.55 Å². The molecule has 0 amide bonds. The number of hydrogen-bond acceptors (Lipinski definition) is 4. The van der Waals surface area contributed by atoms with E-state index in [1.54, 1.807) is 0 Å². The molecule has 0 aromatic carbocycles. The van der Waals surface area contributed by atoms with E-state index in [4.69, 9.17) is 0 Å². The van der Waals surface area contributed by atoms with Crippen LogP contribution in [0.1, 0.15) is 84.5 Å². The van der Waals surface area contributed by atoms with E-state index >= 15 is 0 Å². The van der Waals surface area contributed by atoms with E-state index in [1.807, 2.05) is 6.92 Å². The van der Waals surface area contributed by atoms with Gasteiger partial charge in [-0.05, 0) is 12.8 Å². The molecule has 0 fully saturated rings. The van der Waals surface area contributed by atoms with Crippen LogP contribution in [0.5, 0.6) is 0 Å².